The third-order valence-corrected chi connectivity index (χ3v) is 13.0. The summed E-state index contributed by atoms with van der Waals surface area (Å²) in [4.78, 5) is 51.4. The molecule has 1 aromatic carbocycles. The number of carbonyl (C=O) groups is 3. The molecule has 4 fully saturated rings. The number of alkyl halides is 1. The van der Waals surface area contributed by atoms with Crippen LogP contribution in [0.3, 0.4) is 0 Å². The number of thioether (sulfide) groups is 1. The van der Waals surface area contributed by atoms with Gasteiger partial charge in [-0.2, -0.15) is 0 Å². The van der Waals surface area contributed by atoms with Crippen molar-refractivity contribution in [2.24, 2.45) is 11.8 Å². The first kappa shape index (κ1) is 34.9. The maximum Gasteiger partial charge on any atom is 0.247 e. The number of anilines is 1. The van der Waals surface area contributed by atoms with Crippen LogP contribution < -0.4 is 9.64 Å². The highest BCUT2D eigenvalue weighted by atomic mass is 79.9. The molecule has 4 aliphatic rings. The van der Waals surface area contributed by atoms with Gasteiger partial charge in [0, 0.05) is 55.0 Å². The Bertz CT molecular complexity index is 1270. The summed E-state index contributed by atoms with van der Waals surface area (Å²) in [7, 11) is 0. The minimum atomic E-state index is -0.813. The minimum Gasteiger partial charge on any atom is -0.494 e. The van der Waals surface area contributed by atoms with Crippen LogP contribution in [0.1, 0.15) is 26.7 Å². The largest absolute Gasteiger partial charge is 0.494 e. The summed E-state index contributed by atoms with van der Waals surface area (Å²) in [5.74, 6) is -1.16. The van der Waals surface area contributed by atoms with Crippen LogP contribution in [-0.4, -0.2) is 130 Å². The van der Waals surface area contributed by atoms with E-state index in [0.29, 0.717) is 63.7 Å². The van der Waals surface area contributed by atoms with E-state index < -0.39 is 28.7 Å². The molecule has 252 valence electrons. The Morgan fingerprint density at radius 2 is 1.87 bits per heavy atom. The van der Waals surface area contributed by atoms with Crippen molar-refractivity contribution in [3.8, 4) is 5.75 Å². The van der Waals surface area contributed by atoms with E-state index in [1.165, 1.54) is 0 Å². The van der Waals surface area contributed by atoms with E-state index >= 15 is 0 Å². The van der Waals surface area contributed by atoms with E-state index in [4.69, 9.17) is 9.47 Å². The first-order chi connectivity index (χ1) is 22.3. The number of amides is 3. The summed E-state index contributed by atoms with van der Waals surface area (Å²) in [5, 5.41) is 10.3. The number of fused-ring (bicyclic) bond motifs is 1. The zero-order valence-electron chi connectivity index (χ0n) is 26.9. The predicted octanol–water partition coefficient (Wildman–Crippen LogP) is 3.19. The van der Waals surface area contributed by atoms with Crippen molar-refractivity contribution in [1.82, 2.24) is 14.7 Å². The van der Waals surface area contributed by atoms with E-state index in [9.17, 15) is 19.5 Å². The molecule has 0 radical (unpaired) electrons. The fourth-order valence-electron chi connectivity index (χ4n) is 7.66. The molecule has 3 amide bonds. The topological polar surface area (TPSA) is 103 Å². The number of benzene rings is 1. The van der Waals surface area contributed by atoms with Crippen LogP contribution in [0.15, 0.2) is 49.6 Å². The standard InChI is InChI=1S/C34H47BrN4O6S/c1-5-13-37(16-15-36-17-19-44-20-18-36)33(43)30-34-21-26(35)29(46-34)27(28(34)32(42)39(30)23(7-3)22-40)31(41)38(14-6-2)24-9-11-25(12-10-24)45-8-4/h5-6,9-12,23,26-30,40H,1-2,7-8,13-22H2,3-4H3/t23-,26?,27-,28-,29-,30?,34?/m0/s1. The van der Waals surface area contributed by atoms with Crippen LogP contribution in [0, 0.1) is 11.8 Å². The van der Waals surface area contributed by atoms with Gasteiger partial charge in [0.25, 0.3) is 0 Å². The zero-order chi connectivity index (χ0) is 33.0. The van der Waals surface area contributed by atoms with Crippen molar-refractivity contribution in [1.29, 1.82) is 0 Å². The number of aliphatic hydroxyl groups excluding tert-OH is 1. The molecule has 7 atom stereocenters. The number of halogens is 1. The fraction of sp³-hybridized carbons (Fsp3) is 0.618. The number of hydrogen-bond acceptors (Lipinski definition) is 8. The van der Waals surface area contributed by atoms with Crippen LogP contribution in [0.5, 0.6) is 5.75 Å². The van der Waals surface area contributed by atoms with Crippen LogP contribution in [-0.2, 0) is 19.1 Å². The highest BCUT2D eigenvalue weighted by Gasteiger charge is 2.76. The van der Waals surface area contributed by atoms with Crippen molar-refractivity contribution in [3.05, 3.63) is 49.6 Å². The number of aliphatic hydroxyl groups is 1. The zero-order valence-corrected chi connectivity index (χ0v) is 29.3. The highest BCUT2D eigenvalue weighted by molar-refractivity contribution is 9.09. The molecule has 46 heavy (non-hydrogen) atoms. The minimum absolute atomic E-state index is 0.0629. The van der Waals surface area contributed by atoms with Gasteiger partial charge in [0.05, 0.1) is 49.1 Å². The van der Waals surface area contributed by atoms with E-state index in [2.05, 4.69) is 34.0 Å². The normalized spacial score (nSPS) is 29.3. The van der Waals surface area contributed by atoms with Crippen LogP contribution >= 0.6 is 27.7 Å². The van der Waals surface area contributed by atoms with Crippen LogP contribution in [0.2, 0.25) is 0 Å². The number of nitrogens with zero attached hydrogens (tertiary/aromatic N) is 4. The third kappa shape index (κ3) is 6.40. The molecule has 4 heterocycles. The Morgan fingerprint density at radius 3 is 2.48 bits per heavy atom. The monoisotopic (exact) mass is 718 g/mol. The molecule has 2 bridgehead atoms. The molecule has 0 saturated carbocycles. The lowest BCUT2D eigenvalue weighted by molar-refractivity contribution is -0.145. The van der Waals surface area contributed by atoms with E-state index in [1.54, 1.807) is 38.6 Å². The Labute approximate surface area is 285 Å². The average molecular weight is 720 g/mol. The van der Waals surface area contributed by atoms with Gasteiger partial charge in [-0.25, -0.2) is 0 Å². The molecule has 4 saturated heterocycles. The van der Waals surface area contributed by atoms with Crippen LogP contribution in [0.25, 0.3) is 0 Å². The summed E-state index contributed by atoms with van der Waals surface area (Å²) >= 11 is 5.49. The highest BCUT2D eigenvalue weighted by Crippen LogP contribution is 2.68. The molecule has 5 rings (SSSR count). The lowest BCUT2D eigenvalue weighted by Crippen LogP contribution is -2.58. The number of carbonyl (C=O) groups excluding carboxylic acids is 3. The lowest BCUT2D eigenvalue weighted by atomic mass is 9.70. The summed E-state index contributed by atoms with van der Waals surface area (Å²) in [6.07, 6.45) is 4.47. The molecule has 4 aliphatic heterocycles. The van der Waals surface area contributed by atoms with Gasteiger partial charge in [-0.3, -0.25) is 19.3 Å². The number of ether oxygens (including phenoxy) is 2. The summed E-state index contributed by atoms with van der Waals surface area (Å²) < 4.78 is 10.3. The van der Waals surface area contributed by atoms with Crippen molar-refractivity contribution in [2.45, 2.75) is 53.6 Å². The molecule has 1 N–H and O–H groups in total. The molecular formula is C34H47BrN4O6S. The van der Waals surface area contributed by atoms with Gasteiger partial charge in [0.15, 0.2) is 0 Å². The molecule has 3 unspecified atom stereocenters. The number of hydrogen-bond donors (Lipinski definition) is 1. The molecule has 1 aromatic rings. The van der Waals surface area contributed by atoms with Crippen molar-refractivity contribution in [3.63, 3.8) is 0 Å². The van der Waals surface area contributed by atoms with E-state index in [-0.39, 0.29) is 41.0 Å². The van der Waals surface area contributed by atoms with Gasteiger partial charge >= 0.3 is 0 Å². The Morgan fingerprint density at radius 1 is 1.17 bits per heavy atom. The van der Waals surface area contributed by atoms with Gasteiger partial charge in [0.1, 0.15) is 11.8 Å². The molecule has 0 aromatic heterocycles. The third-order valence-electron chi connectivity index (χ3n) is 9.81. The Kier molecular flexibility index (Phi) is 11.6. The fourth-order valence-corrected chi connectivity index (χ4v) is 11.3. The van der Waals surface area contributed by atoms with E-state index in [1.807, 2.05) is 38.1 Å². The second-order valence-corrected chi connectivity index (χ2v) is 15.1. The van der Waals surface area contributed by atoms with Crippen molar-refractivity contribution in [2.75, 3.05) is 70.6 Å². The quantitative estimate of drug-likeness (QED) is 0.218. The molecule has 1 spiro atoms. The predicted molar refractivity (Wildman–Crippen MR) is 184 cm³/mol. The second kappa shape index (κ2) is 15.2. The number of likely N-dealkylation sites (tertiary alicyclic amines) is 1. The maximum absolute atomic E-state index is 14.8. The lowest BCUT2D eigenvalue weighted by Gasteiger charge is -2.40. The SMILES string of the molecule is C=CCN(CCN1CCOCC1)C(=O)C1N([C@@H](CC)CO)C(=O)[C@@H]2[C@H](C(=O)N(CC=C)c3ccc(OCC)cc3)[C@H]3SC12CC3Br. The Balaban J connectivity index is 1.50. The number of rotatable bonds is 15. The van der Waals surface area contributed by atoms with Gasteiger partial charge in [-0.15, -0.1) is 24.9 Å². The van der Waals surface area contributed by atoms with Gasteiger partial charge in [0.2, 0.25) is 17.7 Å². The maximum atomic E-state index is 14.8. The van der Waals surface area contributed by atoms with Gasteiger partial charge < -0.3 is 29.3 Å². The first-order valence-corrected chi connectivity index (χ1v) is 18.2. The van der Waals surface area contributed by atoms with Crippen molar-refractivity contribution >= 4 is 51.1 Å². The summed E-state index contributed by atoms with van der Waals surface area (Å²) in [5.41, 5.74) is 0.693. The smallest absolute Gasteiger partial charge is 0.247 e. The molecular weight excluding hydrogens is 672 g/mol. The number of morpholine rings is 1. The molecule has 12 heteroatoms. The van der Waals surface area contributed by atoms with Gasteiger partial charge in [-0.1, -0.05) is 35.0 Å². The average Bonchev–Trinajstić information content (AvgIpc) is 3.66. The second-order valence-electron chi connectivity index (χ2n) is 12.3. The summed E-state index contributed by atoms with van der Waals surface area (Å²) in [6.45, 7) is 16.7. The van der Waals surface area contributed by atoms with Crippen LogP contribution in [0.4, 0.5) is 5.69 Å². The van der Waals surface area contributed by atoms with Gasteiger partial charge in [-0.05, 0) is 44.0 Å². The van der Waals surface area contributed by atoms with Crippen molar-refractivity contribution < 1.29 is 29.0 Å². The first-order valence-electron chi connectivity index (χ1n) is 16.4. The molecule has 0 aliphatic carbocycles. The Hall–Kier alpha value is -2.38. The summed E-state index contributed by atoms with van der Waals surface area (Å²) in [6, 6.07) is 6.03. The molecule has 10 nitrogen and oxygen atoms in total. The van der Waals surface area contributed by atoms with E-state index in [0.717, 1.165) is 13.1 Å².